The fourth-order valence-corrected chi connectivity index (χ4v) is 3.73. The minimum absolute atomic E-state index is 0.0974. The van der Waals surface area contributed by atoms with Crippen LogP contribution in [0.4, 0.5) is 11.4 Å². The number of rotatable bonds is 5. The molecule has 3 rings (SSSR count). The van der Waals surface area contributed by atoms with Crippen molar-refractivity contribution < 1.29 is 9.69 Å². The lowest BCUT2D eigenvalue weighted by Gasteiger charge is -2.33. The molecule has 1 aliphatic heterocycles. The van der Waals surface area contributed by atoms with E-state index in [0.717, 1.165) is 54.6 Å². The van der Waals surface area contributed by atoms with Crippen LogP contribution in [0.5, 0.6) is 0 Å². The van der Waals surface area contributed by atoms with Crippen molar-refractivity contribution in [1.82, 2.24) is 0 Å². The number of nitrogens with zero attached hydrogens (tertiary/aromatic N) is 1. The first-order chi connectivity index (χ1) is 12.6. The molecule has 0 bridgehead atoms. The average Bonchev–Trinajstić information content (AvgIpc) is 2.64. The number of nitrogens with one attached hydrogen (secondary N) is 2. The number of piperazine rings is 1. The molecule has 0 spiro atoms. The average molecular weight is 373 g/mol. The second kappa shape index (κ2) is 8.56. The smallest absolute Gasteiger partial charge is 0.279 e. The van der Waals surface area contributed by atoms with Gasteiger partial charge < -0.3 is 15.1 Å². The number of benzene rings is 2. The lowest BCUT2D eigenvalue weighted by Crippen LogP contribution is -3.15. The highest BCUT2D eigenvalue weighted by molar-refractivity contribution is 6.30. The van der Waals surface area contributed by atoms with Gasteiger partial charge in [0.15, 0.2) is 6.54 Å². The number of aryl methyl sites for hydroxylation is 2. The molecule has 26 heavy (non-hydrogen) atoms. The molecule has 1 fully saturated rings. The standard InChI is InChI=1S/C21H26ClN3O/c1-3-17-7-4-6-16(2)21(17)23-20(26)15-24-10-12-25(13-11-24)19-9-5-8-18(22)14-19/h4-9,14H,3,10-13,15H2,1-2H3,(H,23,26)/p+1. The van der Waals surface area contributed by atoms with Gasteiger partial charge in [0.05, 0.1) is 26.2 Å². The predicted molar refractivity (Wildman–Crippen MR) is 108 cm³/mol. The molecule has 1 heterocycles. The van der Waals surface area contributed by atoms with Crippen LogP contribution >= 0.6 is 11.6 Å². The molecule has 5 heteroatoms. The Balaban J connectivity index is 1.54. The zero-order chi connectivity index (χ0) is 18.5. The van der Waals surface area contributed by atoms with Crippen molar-refractivity contribution in [3.05, 3.63) is 58.6 Å². The van der Waals surface area contributed by atoms with Crippen molar-refractivity contribution in [3.63, 3.8) is 0 Å². The SMILES string of the molecule is CCc1cccc(C)c1NC(=O)C[NH+]1CCN(c2cccc(Cl)c2)CC1. The van der Waals surface area contributed by atoms with Gasteiger partial charge in [-0.25, -0.2) is 0 Å². The van der Waals surface area contributed by atoms with E-state index in [9.17, 15) is 4.79 Å². The van der Waals surface area contributed by atoms with E-state index in [-0.39, 0.29) is 5.91 Å². The van der Waals surface area contributed by atoms with Gasteiger partial charge in [0.2, 0.25) is 0 Å². The van der Waals surface area contributed by atoms with Crippen molar-refractivity contribution in [2.45, 2.75) is 20.3 Å². The van der Waals surface area contributed by atoms with Gasteiger partial charge in [0.25, 0.3) is 5.91 Å². The van der Waals surface area contributed by atoms with Crippen LogP contribution in [0, 0.1) is 6.92 Å². The number of amides is 1. The summed E-state index contributed by atoms with van der Waals surface area (Å²) in [4.78, 5) is 16.2. The van der Waals surface area contributed by atoms with Gasteiger partial charge in [0.1, 0.15) is 0 Å². The van der Waals surface area contributed by atoms with Gasteiger partial charge in [0, 0.05) is 16.4 Å². The minimum atomic E-state index is 0.0974. The molecule has 1 saturated heterocycles. The van der Waals surface area contributed by atoms with E-state index in [4.69, 9.17) is 11.6 Å². The number of carbonyl (C=O) groups is 1. The van der Waals surface area contributed by atoms with Crippen molar-refractivity contribution in [2.24, 2.45) is 0 Å². The van der Waals surface area contributed by atoms with E-state index >= 15 is 0 Å². The molecule has 0 aromatic heterocycles. The normalized spacial score (nSPS) is 15.1. The second-order valence-corrected chi connectivity index (χ2v) is 7.34. The third kappa shape index (κ3) is 4.57. The summed E-state index contributed by atoms with van der Waals surface area (Å²) in [7, 11) is 0. The summed E-state index contributed by atoms with van der Waals surface area (Å²) in [6.45, 7) is 8.46. The first-order valence-electron chi connectivity index (χ1n) is 9.29. The van der Waals surface area contributed by atoms with Gasteiger partial charge in [-0.3, -0.25) is 4.79 Å². The third-order valence-corrected chi connectivity index (χ3v) is 5.29. The Hall–Kier alpha value is -2.04. The van der Waals surface area contributed by atoms with Crippen LogP contribution in [0.1, 0.15) is 18.1 Å². The highest BCUT2D eigenvalue weighted by Crippen LogP contribution is 2.21. The molecule has 4 nitrogen and oxygen atoms in total. The van der Waals surface area contributed by atoms with Crippen LogP contribution in [-0.4, -0.2) is 38.6 Å². The molecular formula is C21H27ClN3O+. The molecule has 0 atom stereocenters. The van der Waals surface area contributed by atoms with Crippen LogP contribution < -0.4 is 15.1 Å². The number of halogens is 1. The summed E-state index contributed by atoms with van der Waals surface area (Å²) in [5.41, 5.74) is 4.46. The monoisotopic (exact) mass is 372 g/mol. The minimum Gasteiger partial charge on any atom is -0.360 e. The zero-order valence-corrected chi connectivity index (χ0v) is 16.3. The topological polar surface area (TPSA) is 36.8 Å². The molecule has 1 aliphatic rings. The summed E-state index contributed by atoms with van der Waals surface area (Å²) >= 11 is 6.09. The van der Waals surface area contributed by atoms with Crippen molar-refractivity contribution in [1.29, 1.82) is 0 Å². The molecule has 0 unspecified atom stereocenters. The number of carbonyl (C=O) groups excluding carboxylic acids is 1. The Morgan fingerprint density at radius 3 is 2.62 bits per heavy atom. The number of hydrogen-bond donors (Lipinski definition) is 2. The van der Waals surface area contributed by atoms with Gasteiger partial charge in [-0.2, -0.15) is 0 Å². The van der Waals surface area contributed by atoms with Crippen LogP contribution in [-0.2, 0) is 11.2 Å². The molecule has 0 saturated carbocycles. The fourth-order valence-electron chi connectivity index (χ4n) is 3.54. The molecular weight excluding hydrogens is 346 g/mol. The molecule has 0 radical (unpaired) electrons. The third-order valence-electron chi connectivity index (χ3n) is 5.06. The van der Waals surface area contributed by atoms with Gasteiger partial charge >= 0.3 is 0 Å². The van der Waals surface area contributed by atoms with Crippen molar-refractivity contribution in [2.75, 3.05) is 42.9 Å². The van der Waals surface area contributed by atoms with E-state index in [0.29, 0.717) is 6.54 Å². The zero-order valence-electron chi connectivity index (χ0n) is 15.5. The summed E-state index contributed by atoms with van der Waals surface area (Å²) in [6, 6.07) is 14.2. The first-order valence-corrected chi connectivity index (χ1v) is 9.67. The first kappa shape index (κ1) is 18.7. The van der Waals surface area contributed by atoms with E-state index in [1.54, 1.807) is 0 Å². The quantitative estimate of drug-likeness (QED) is 0.846. The molecule has 0 aliphatic carbocycles. The van der Waals surface area contributed by atoms with Gasteiger partial charge in [-0.1, -0.05) is 42.8 Å². The highest BCUT2D eigenvalue weighted by atomic mass is 35.5. The summed E-state index contributed by atoms with van der Waals surface area (Å²) in [5.74, 6) is 0.0974. The Morgan fingerprint density at radius 1 is 1.19 bits per heavy atom. The maximum atomic E-state index is 12.5. The van der Waals surface area contributed by atoms with Gasteiger partial charge in [-0.15, -0.1) is 0 Å². The molecule has 2 aromatic carbocycles. The van der Waals surface area contributed by atoms with Crippen LogP contribution in [0.15, 0.2) is 42.5 Å². The van der Waals surface area contributed by atoms with E-state index in [1.165, 1.54) is 10.5 Å². The lowest BCUT2D eigenvalue weighted by atomic mass is 10.1. The van der Waals surface area contributed by atoms with Crippen LogP contribution in [0.25, 0.3) is 0 Å². The Bertz CT molecular complexity index is 770. The maximum Gasteiger partial charge on any atom is 0.279 e. The summed E-state index contributed by atoms with van der Waals surface area (Å²) in [6.07, 6.45) is 0.919. The number of para-hydroxylation sites is 1. The van der Waals surface area contributed by atoms with E-state index in [2.05, 4.69) is 29.3 Å². The molecule has 138 valence electrons. The van der Waals surface area contributed by atoms with Crippen molar-refractivity contribution in [3.8, 4) is 0 Å². The van der Waals surface area contributed by atoms with Crippen LogP contribution in [0.3, 0.4) is 0 Å². The predicted octanol–water partition coefficient (Wildman–Crippen LogP) is 2.55. The summed E-state index contributed by atoms with van der Waals surface area (Å²) < 4.78 is 0. The lowest BCUT2D eigenvalue weighted by molar-refractivity contribution is -0.892. The van der Waals surface area contributed by atoms with Crippen LogP contribution in [0.2, 0.25) is 5.02 Å². The maximum absolute atomic E-state index is 12.5. The van der Waals surface area contributed by atoms with Gasteiger partial charge in [-0.05, 0) is 42.7 Å². The number of anilines is 2. The Labute approximate surface area is 160 Å². The highest BCUT2D eigenvalue weighted by Gasteiger charge is 2.23. The molecule has 1 amide bonds. The summed E-state index contributed by atoms with van der Waals surface area (Å²) in [5, 5.41) is 3.90. The van der Waals surface area contributed by atoms with Crippen molar-refractivity contribution >= 4 is 28.9 Å². The number of quaternary nitrogens is 1. The molecule has 2 aromatic rings. The van der Waals surface area contributed by atoms with E-state index < -0.39 is 0 Å². The Morgan fingerprint density at radius 2 is 1.92 bits per heavy atom. The number of hydrogen-bond acceptors (Lipinski definition) is 2. The second-order valence-electron chi connectivity index (χ2n) is 6.90. The fraction of sp³-hybridized carbons (Fsp3) is 0.381. The largest absolute Gasteiger partial charge is 0.360 e. The van der Waals surface area contributed by atoms with E-state index in [1.807, 2.05) is 37.3 Å². The molecule has 2 N–H and O–H groups in total. The Kier molecular flexibility index (Phi) is 6.17.